The highest BCUT2D eigenvalue weighted by atomic mass is 19.2. The van der Waals surface area contributed by atoms with Crippen molar-refractivity contribution in [2.24, 2.45) is 0 Å². The average Bonchev–Trinajstić information content (AvgIpc) is 3.11. The van der Waals surface area contributed by atoms with Gasteiger partial charge in [-0.1, -0.05) is 72.8 Å². The number of rotatable bonds is 6. The van der Waals surface area contributed by atoms with E-state index in [0.717, 1.165) is 24.3 Å². The van der Waals surface area contributed by atoms with Crippen molar-refractivity contribution in [3.05, 3.63) is 155 Å². The van der Waals surface area contributed by atoms with E-state index in [1.807, 2.05) is 0 Å². The van der Waals surface area contributed by atoms with Crippen LogP contribution in [0.15, 0.2) is 97.1 Å². The van der Waals surface area contributed by atoms with E-state index in [-0.39, 0.29) is 11.5 Å². The molecule has 0 aromatic heterocycles. The van der Waals surface area contributed by atoms with E-state index in [1.54, 1.807) is 0 Å². The van der Waals surface area contributed by atoms with Crippen LogP contribution in [0.1, 0.15) is 0 Å². The molecule has 2 N–H and O–H groups in total. The molecule has 0 radical (unpaired) electrons. The van der Waals surface area contributed by atoms with Crippen molar-refractivity contribution in [2.75, 3.05) is 0 Å². The van der Waals surface area contributed by atoms with E-state index in [4.69, 9.17) is 0 Å². The largest absolute Gasteiger partial charge is 0.508 e. The third-order valence-electron chi connectivity index (χ3n) is 8.58. The van der Waals surface area contributed by atoms with Crippen LogP contribution in [-0.4, -0.2) is 16.4 Å². The van der Waals surface area contributed by atoms with Crippen molar-refractivity contribution in [1.82, 2.24) is 0 Å². The van der Waals surface area contributed by atoms with Crippen molar-refractivity contribution in [2.45, 2.75) is 0 Å². The van der Waals surface area contributed by atoms with Crippen LogP contribution in [0.3, 0.4) is 0 Å². The summed E-state index contributed by atoms with van der Waals surface area (Å²) in [6.07, 6.45) is -4.49. The summed E-state index contributed by atoms with van der Waals surface area (Å²) in [7, 11) is 0. The molecule has 248 valence electrons. The zero-order valence-electron chi connectivity index (χ0n) is 24.5. The second kappa shape index (κ2) is 12.4. The summed E-state index contributed by atoms with van der Waals surface area (Å²) in [5.74, 6) is -25.8. The lowest BCUT2D eigenvalue weighted by atomic mass is 9.12. The molecule has 0 aliphatic heterocycles. The van der Waals surface area contributed by atoms with E-state index in [0.29, 0.717) is 22.3 Å². The van der Waals surface area contributed by atoms with Crippen LogP contribution in [0.5, 0.6) is 11.5 Å². The molecule has 0 spiro atoms. The minimum absolute atomic E-state index is 0.101. The van der Waals surface area contributed by atoms with Crippen LogP contribution in [0.4, 0.5) is 43.9 Å². The highest BCUT2D eigenvalue weighted by molar-refractivity contribution is 7.20. The van der Waals surface area contributed by atoms with E-state index in [9.17, 15) is 36.6 Å². The van der Waals surface area contributed by atoms with E-state index in [2.05, 4.69) is 0 Å². The lowest BCUT2D eigenvalue weighted by Gasteiger charge is -2.44. The molecule has 13 heteroatoms. The number of halogens is 10. The zero-order chi connectivity index (χ0) is 35.4. The van der Waals surface area contributed by atoms with Gasteiger partial charge in [-0.25, -0.2) is 43.9 Å². The molecule has 0 amide bonds. The quantitative estimate of drug-likeness (QED) is 0.0845. The molecule has 0 heterocycles. The van der Waals surface area contributed by atoms with Crippen molar-refractivity contribution in [3.8, 4) is 33.8 Å². The molecule has 2 nitrogen and oxygen atoms in total. The Bertz CT molecular complexity index is 2000. The lowest BCUT2D eigenvalue weighted by molar-refractivity contribution is 0.382. The van der Waals surface area contributed by atoms with Gasteiger partial charge in [-0.15, -0.1) is 10.9 Å². The lowest BCUT2D eigenvalue weighted by Crippen LogP contribution is -2.78. The first-order chi connectivity index (χ1) is 23.3. The maximum Gasteiger partial charge on any atom is 0.200 e. The Hall–Kier alpha value is -5.72. The van der Waals surface area contributed by atoms with Crippen LogP contribution < -0.4 is 21.9 Å². The number of hydrogen-bond donors (Lipinski definition) is 2. The first kappa shape index (κ1) is 33.2. The molecule has 0 aliphatic carbocycles. The van der Waals surface area contributed by atoms with Gasteiger partial charge in [-0.05, 0) is 46.5 Å². The number of aromatic hydroxyl groups is 2. The molecule has 49 heavy (non-hydrogen) atoms. The van der Waals surface area contributed by atoms with Gasteiger partial charge in [0.2, 0.25) is 0 Å². The average molecular weight is 683 g/mol. The van der Waals surface area contributed by atoms with E-state index >= 15 is 17.6 Å². The van der Waals surface area contributed by atoms with Gasteiger partial charge in [0.15, 0.2) is 34.9 Å². The molecule has 0 fully saturated rings. The van der Waals surface area contributed by atoms with Crippen LogP contribution in [-0.2, 0) is 0 Å². The van der Waals surface area contributed by atoms with E-state index in [1.165, 1.54) is 72.8 Å². The minimum Gasteiger partial charge on any atom is -0.508 e. The molecule has 0 aliphatic rings. The number of phenols is 2. The molecule has 0 unspecified atom stereocenters. The van der Waals surface area contributed by atoms with Gasteiger partial charge in [0.1, 0.15) is 40.9 Å². The fraction of sp³-hybridized carbons (Fsp3) is 0. The fourth-order valence-corrected chi connectivity index (χ4v) is 6.24. The van der Waals surface area contributed by atoms with Crippen LogP contribution in [0.2, 0.25) is 0 Å². The standard InChI is InChI=1S/C36H18BF10O2/c38-27-25(28(39)32(43)35(46)31(27)42)37(26-29(40)33(44)36(47)34(45)30(26)41,21-9-1-17(2-10-21)19-5-13-23(48)14-6-19)22-11-3-18(4-12-22)20-7-15-24(49)16-8-20/h1-16,48-49H/q-1. The van der Waals surface area contributed by atoms with Crippen molar-refractivity contribution < 1.29 is 54.1 Å². The third-order valence-corrected chi connectivity index (χ3v) is 8.58. The first-order valence-corrected chi connectivity index (χ1v) is 14.3. The third kappa shape index (κ3) is 5.25. The SMILES string of the molecule is Oc1ccc(-c2ccc([B-](c3ccc(-c4ccc(O)cc4)cc3)(c3c(F)c(F)c(F)c(F)c3F)c3c(F)c(F)c(F)c(F)c3F)cc2)cc1. The summed E-state index contributed by atoms with van der Waals surface area (Å²) >= 11 is 0. The first-order valence-electron chi connectivity index (χ1n) is 14.3. The molecule has 0 saturated heterocycles. The van der Waals surface area contributed by atoms with Crippen LogP contribution >= 0.6 is 0 Å². The molecular weight excluding hydrogens is 665 g/mol. The Labute approximate surface area is 271 Å². The maximum absolute atomic E-state index is 16.0. The summed E-state index contributed by atoms with van der Waals surface area (Å²) in [4.78, 5) is 0. The summed E-state index contributed by atoms with van der Waals surface area (Å²) in [5.41, 5.74) is -3.36. The Morgan fingerprint density at radius 1 is 0.286 bits per heavy atom. The second-order valence-corrected chi connectivity index (χ2v) is 11.2. The Morgan fingerprint density at radius 2 is 0.490 bits per heavy atom. The van der Waals surface area contributed by atoms with Gasteiger partial charge in [0, 0.05) is 0 Å². The van der Waals surface area contributed by atoms with Crippen molar-refractivity contribution in [3.63, 3.8) is 0 Å². The van der Waals surface area contributed by atoms with Gasteiger partial charge in [0.25, 0.3) is 0 Å². The molecule has 6 aromatic rings. The monoisotopic (exact) mass is 683 g/mol. The summed E-state index contributed by atoms with van der Waals surface area (Å²) < 4.78 is 153. The Kier molecular flexibility index (Phi) is 8.39. The van der Waals surface area contributed by atoms with Crippen LogP contribution in [0.25, 0.3) is 22.3 Å². The summed E-state index contributed by atoms with van der Waals surface area (Å²) in [6.45, 7) is 0. The van der Waals surface area contributed by atoms with Gasteiger partial charge >= 0.3 is 0 Å². The molecule has 6 aromatic carbocycles. The predicted molar refractivity (Wildman–Crippen MR) is 164 cm³/mol. The molecule has 0 atom stereocenters. The van der Waals surface area contributed by atoms with Gasteiger partial charge in [0.05, 0.1) is 0 Å². The smallest absolute Gasteiger partial charge is 0.200 e. The predicted octanol–water partition coefficient (Wildman–Crippen LogP) is 7.20. The topological polar surface area (TPSA) is 40.5 Å². The summed E-state index contributed by atoms with van der Waals surface area (Å²) in [5, 5.41) is 19.3. The maximum atomic E-state index is 16.0. The van der Waals surface area contributed by atoms with Gasteiger partial charge < -0.3 is 10.2 Å². The van der Waals surface area contributed by atoms with Crippen molar-refractivity contribution in [1.29, 1.82) is 0 Å². The van der Waals surface area contributed by atoms with Gasteiger partial charge in [-0.3, -0.25) is 0 Å². The highest BCUT2D eigenvalue weighted by Crippen LogP contribution is 2.28. The Balaban J connectivity index is 1.78. The molecule has 0 saturated carbocycles. The van der Waals surface area contributed by atoms with Crippen molar-refractivity contribution >= 4 is 28.0 Å². The fourth-order valence-electron chi connectivity index (χ4n) is 6.24. The molecule has 0 bridgehead atoms. The zero-order valence-corrected chi connectivity index (χ0v) is 24.5. The molecule has 6 rings (SSSR count). The summed E-state index contributed by atoms with van der Waals surface area (Å²) in [6, 6.07) is 20.1. The van der Waals surface area contributed by atoms with E-state index < -0.39 is 86.2 Å². The second-order valence-electron chi connectivity index (χ2n) is 11.2. The minimum atomic E-state index is -4.49. The normalized spacial score (nSPS) is 11.6. The van der Waals surface area contributed by atoms with Crippen LogP contribution in [0, 0.1) is 58.2 Å². The van der Waals surface area contributed by atoms with Gasteiger partial charge in [-0.2, -0.15) is 10.9 Å². The molecular formula is C36H18BF10O2-. The number of hydrogen-bond acceptors (Lipinski definition) is 2. The number of benzene rings is 6. The number of phenolic OH excluding ortho intramolecular Hbond substituents is 2. The highest BCUT2D eigenvalue weighted by Gasteiger charge is 2.45. The Morgan fingerprint density at radius 3 is 0.735 bits per heavy atom.